The van der Waals surface area contributed by atoms with Gasteiger partial charge in [-0.05, 0) is 43.2 Å². The number of hydrogen-bond acceptors (Lipinski definition) is 1. The SMILES string of the molecule is C=C(c1ccccc1)c1cc(Cl)ccc1NC(C)C. The lowest BCUT2D eigenvalue weighted by molar-refractivity contribution is 0.899. The number of benzene rings is 2. The lowest BCUT2D eigenvalue weighted by atomic mass is 9.98. The molecule has 0 spiro atoms. The highest BCUT2D eigenvalue weighted by Gasteiger charge is 2.09. The summed E-state index contributed by atoms with van der Waals surface area (Å²) in [5.41, 5.74) is 4.20. The zero-order chi connectivity index (χ0) is 13.8. The fourth-order valence-corrected chi connectivity index (χ4v) is 2.17. The van der Waals surface area contributed by atoms with Crippen LogP contribution in [0.25, 0.3) is 5.57 Å². The van der Waals surface area contributed by atoms with Crippen molar-refractivity contribution >= 4 is 22.9 Å². The van der Waals surface area contributed by atoms with Crippen LogP contribution in [0.5, 0.6) is 0 Å². The first-order valence-corrected chi connectivity index (χ1v) is 6.76. The van der Waals surface area contributed by atoms with Crippen molar-refractivity contribution in [3.8, 4) is 0 Å². The molecule has 0 fully saturated rings. The van der Waals surface area contributed by atoms with Crippen LogP contribution in [-0.4, -0.2) is 6.04 Å². The van der Waals surface area contributed by atoms with Crippen LogP contribution in [0.15, 0.2) is 55.1 Å². The monoisotopic (exact) mass is 271 g/mol. The van der Waals surface area contributed by atoms with Crippen molar-refractivity contribution in [2.24, 2.45) is 0 Å². The quantitative estimate of drug-likeness (QED) is 0.804. The molecule has 0 aromatic heterocycles. The summed E-state index contributed by atoms with van der Waals surface area (Å²) in [6.45, 7) is 8.44. The molecule has 0 aliphatic heterocycles. The predicted octanol–water partition coefficient (Wildman–Crippen LogP) is 5.22. The lowest BCUT2D eigenvalue weighted by Gasteiger charge is -2.17. The van der Waals surface area contributed by atoms with Gasteiger partial charge < -0.3 is 5.32 Å². The number of rotatable bonds is 4. The van der Waals surface area contributed by atoms with Gasteiger partial charge in [-0.2, -0.15) is 0 Å². The molecule has 2 rings (SSSR count). The summed E-state index contributed by atoms with van der Waals surface area (Å²) < 4.78 is 0. The van der Waals surface area contributed by atoms with Crippen LogP contribution >= 0.6 is 11.6 Å². The standard InChI is InChI=1S/C17H18ClN/c1-12(2)19-17-10-9-15(18)11-16(17)13(3)14-7-5-4-6-8-14/h4-12,19H,3H2,1-2H3. The fraction of sp³-hybridized carbons (Fsp3) is 0.176. The first kappa shape index (κ1) is 13.7. The Hall–Kier alpha value is -1.73. The largest absolute Gasteiger partial charge is 0.382 e. The highest BCUT2D eigenvalue weighted by Crippen LogP contribution is 2.30. The van der Waals surface area contributed by atoms with Crippen molar-refractivity contribution in [3.63, 3.8) is 0 Å². The molecule has 0 aliphatic rings. The van der Waals surface area contributed by atoms with Gasteiger partial charge in [0.25, 0.3) is 0 Å². The molecular weight excluding hydrogens is 254 g/mol. The highest BCUT2D eigenvalue weighted by molar-refractivity contribution is 6.30. The minimum Gasteiger partial charge on any atom is -0.382 e. The summed E-state index contributed by atoms with van der Waals surface area (Å²) in [7, 11) is 0. The summed E-state index contributed by atoms with van der Waals surface area (Å²) in [6.07, 6.45) is 0. The summed E-state index contributed by atoms with van der Waals surface area (Å²) in [5, 5.41) is 4.16. The van der Waals surface area contributed by atoms with Crippen molar-refractivity contribution < 1.29 is 0 Å². The van der Waals surface area contributed by atoms with Crippen molar-refractivity contribution in [2.45, 2.75) is 19.9 Å². The third-order valence-corrected chi connectivity index (χ3v) is 3.11. The van der Waals surface area contributed by atoms with Gasteiger partial charge in [0, 0.05) is 22.3 Å². The van der Waals surface area contributed by atoms with Crippen molar-refractivity contribution in [1.29, 1.82) is 0 Å². The first-order chi connectivity index (χ1) is 9.08. The van der Waals surface area contributed by atoms with Gasteiger partial charge in [0.05, 0.1) is 0 Å². The molecule has 0 heterocycles. The van der Waals surface area contributed by atoms with Gasteiger partial charge in [0.15, 0.2) is 0 Å². The van der Waals surface area contributed by atoms with E-state index < -0.39 is 0 Å². The van der Waals surface area contributed by atoms with Gasteiger partial charge in [-0.25, -0.2) is 0 Å². The maximum atomic E-state index is 6.12. The van der Waals surface area contributed by atoms with E-state index in [1.165, 1.54) is 0 Å². The maximum Gasteiger partial charge on any atom is 0.0422 e. The van der Waals surface area contributed by atoms with E-state index in [4.69, 9.17) is 11.6 Å². The third-order valence-electron chi connectivity index (χ3n) is 2.87. The average molecular weight is 272 g/mol. The molecule has 0 saturated carbocycles. The molecular formula is C17H18ClN. The Labute approximate surface area is 119 Å². The van der Waals surface area contributed by atoms with Crippen molar-refractivity contribution in [2.75, 3.05) is 5.32 Å². The number of halogens is 1. The van der Waals surface area contributed by atoms with E-state index >= 15 is 0 Å². The van der Waals surface area contributed by atoms with Crippen LogP contribution < -0.4 is 5.32 Å². The molecule has 98 valence electrons. The van der Waals surface area contributed by atoms with E-state index in [9.17, 15) is 0 Å². The second kappa shape index (κ2) is 5.94. The second-order valence-electron chi connectivity index (χ2n) is 4.83. The van der Waals surface area contributed by atoms with Gasteiger partial charge in [0.1, 0.15) is 0 Å². The Morgan fingerprint density at radius 3 is 2.42 bits per heavy atom. The van der Waals surface area contributed by atoms with Gasteiger partial charge >= 0.3 is 0 Å². The topological polar surface area (TPSA) is 12.0 Å². The van der Waals surface area contributed by atoms with Gasteiger partial charge in [-0.15, -0.1) is 0 Å². The van der Waals surface area contributed by atoms with Crippen LogP contribution in [0.1, 0.15) is 25.0 Å². The van der Waals surface area contributed by atoms with Gasteiger partial charge in [-0.1, -0.05) is 48.5 Å². The van der Waals surface area contributed by atoms with Crippen molar-refractivity contribution in [3.05, 3.63) is 71.3 Å². The van der Waals surface area contributed by atoms with E-state index in [-0.39, 0.29) is 0 Å². The molecule has 2 heteroatoms. The number of nitrogens with one attached hydrogen (secondary N) is 1. The Kier molecular flexibility index (Phi) is 4.28. The third kappa shape index (κ3) is 3.39. The van der Waals surface area contributed by atoms with E-state index in [0.717, 1.165) is 27.4 Å². The van der Waals surface area contributed by atoms with E-state index in [0.29, 0.717) is 6.04 Å². The molecule has 1 N–H and O–H groups in total. The normalized spacial score (nSPS) is 10.5. The van der Waals surface area contributed by atoms with Crippen LogP contribution in [0.3, 0.4) is 0 Å². The Morgan fingerprint density at radius 2 is 1.79 bits per heavy atom. The molecule has 2 aromatic rings. The van der Waals surface area contributed by atoms with Crippen LogP contribution in [0, 0.1) is 0 Å². The molecule has 0 bridgehead atoms. The Bertz CT molecular complexity index is 573. The number of hydrogen-bond donors (Lipinski definition) is 1. The zero-order valence-electron chi connectivity index (χ0n) is 11.3. The minimum atomic E-state index is 0.364. The predicted molar refractivity (Wildman–Crippen MR) is 84.8 cm³/mol. The fourth-order valence-electron chi connectivity index (χ4n) is 2.00. The van der Waals surface area contributed by atoms with Gasteiger partial charge in [0.2, 0.25) is 0 Å². The summed E-state index contributed by atoms with van der Waals surface area (Å²) >= 11 is 6.12. The average Bonchev–Trinajstić information content (AvgIpc) is 2.40. The smallest absolute Gasteiger partial charge is 0.0422 e. The van der Waals surface area contributed by atoms with Crippen LogP contribution in [0.4, 0.5) is 5.69 Å². The molecule has 0 atom stereocenters. The molecule has 1 nitrogen and oxygen atoms in total. The van der Waals surface area contributed by atoms with E-state index in [1.807, 2.05) is 36.4 Å². The zero-order valence-corrected chi connectivity index (χ0v) is 12.0. The van der Waals surface area contributed by atoms with Crippen LogP contribution in [0.2, 0.25) is 5.02 Å². The maximum absolute atomic E-state index is 6.12. The van der Waals surface area contributed by atoms with Gasteiger partial charge in [-0.3, -0.25) is 0 Å². The number of anilines is 1. The molecule has 19 heavy (non-hydrogen) atoms. The molecule has 0 amide bonds. The van der Waals surface area contributed by atoms with Crippen molar-refractivity contribution in [1.82, 2.24) is 0 Å². The minimum absolute atomic E-state index is 0.364. The van der Waals surface area contributed by atoms with Crippen LogP contribution in [-0.2, 0) is 0 Å². The lowest BCUT2D eigenvalue weighted by Crippen LogP contribution is -2.11. The Morgan fingerprint density at radius 1 is 1.11 bits per heavy atom. The summed E-state index contributed by atoms with van der Waals surface area (Å²) in [4.78, 5) is 0. The second-order valence-corrected chi connectivity index (χ2v) is 5.27. The molecule has 0 unspecified atom stereocenters. The molecule has 0 radical (unpaired) electrons. The summed E-state index contributed by atoms with van der Waals surface area (Å²) in [5.74, 6) is 0. The van der Waals surface area contributed by atoms with E-state index in [2.05, 4.69) is 37.9 Å². The molecule has 0 aliphatic carbocycles. The Balaban J connectivity index is 2.43. The highest BCUT2D eigenvalue weighted by atomic mass is 35.5. The summed E-state index contributed by atoms with van der Waals surface area (Å²) in [6, 6.07) is 16.4. The first-order valence-electron chi connectivity index (χ1n) is 6.38. The molecule has 0 saturated heterocycles. The van der Waals surface area contributed by atoms with E-state index in [1.54, 1.807) is 0 Å². The molecule has 2 aromatic carbocycles.